The number of amides is 4. The number of carbonyl (C=O) groups is 4. The molecule has 104 heavy (non-hydrogen) atoms. The number of hydrogen-bond donors (Lipinski definition) is 4. The van der Waals surface area contributed by atoms with Crippen molar-refractivity contribution in [2.45, 2.75) is 27.7 Å². The summed E-state index contributed by atoms with van der Waals surface area (Å²) in [5, 5.41) is 10.7. The monoisotopic (exact) mass is 1360 g/mol. The summed E-state index contributed by atoms with van der Waals surface area (Å²) < 4.78 is 20.7. The maximum Gasteiger partial charge on any atom is 0.412 e. The number of nitrogens with zero attached hydrogens (tertiary/aromatic N) is 4. The van der Waals surface area contributed by atoms with Crippen LogP contribution in [0.15, 0.2) is 267 Å². The molecule has 10 aromatic carbocycles. The van der Waals surface area contributed by atoms with Crippen LogP contribution < -0.4 is 40.9 Å². The maximum atomic E-state index is 12.1. The summed E-state index contributed by atoms with van der Waals surface area (Å²) in [5.74, 6) is 33.6. The lowest BCUT2D eigenvalue weighted by Gasteiger charge is -2.21. The molecular formula is C88H68N8O8. The topological polar surface area (TPSA) is 166 Å². The number of rotatable bonds is 16. The molecule has 10 rings (SSSR count). The van der Waals surface area contributed by atoms with Crippen LogP contribution in [-0.2, 0) is 18.9 Å². The Morgan fingerprint density at radius 2 is 0.442 bits per heavy atom. The average molecular weight is 1370 g/mol. The molecule has 0 saturated heterocycles. The molecule has 16 heteroatoms. The first-order valence-electron chi connectivity index (χ1n) is 32.5. The number of anilines is 12. The van der Waals surface area contributed by atoms with Gasteiger partial charge in [-0.1, -0.05) is 121 Å². The number of para-hydroxylation sites is 4. The highest BCUT2D eigenvalue weighted by atomic mass is 16.6. The molecule has 0 unspecified atom stereocenters. The Balaban J connectivity index is 0.000000241. The van der Waals surface area contributed by atoms with Gasteiger partial charge in [0.15, 0.2) is 26.4 Å². The summed E-state index contributed by atoms with van der Waals surface area (Å²) in [6, 6.07) is 96.4. The molecule has 0 heterocycles. The Morgan fingerprint density at radius 3 is 0.635 bits per heavy atom. The molecule has 508 valence electrons. The standard InChI is InChI=1S/2C44H34N4O4/c2*1-35-17-15-19-37(33-35)45-43(49)51-31-13-5-11-29-47(39-21-7-3-8-22-39)41-25-27-42(28-26-41)48(40-23-9-4-10-24-40)30-12-6-14-32-52-44(50)46-38-20-16-18-36(2)34-38/h2*3-4,7-10,15-28,33-34H,31-32H2,1-2H3,(H,45,49)(H,46,50). The van der Waals surface area contributed by atoms with Crippen molar-refractivity contribution < 1.29 is 38.1 Å². The van der Waals surface area contributed by atoms with Gasteiger partial charge in [-0.25, -0.2) is 19.2 Å². The van der Waals surface area contributed by atoms with Gasteiger partial charge in [0.05, 0.1) is 45.5 Å². The van der Waals surface area contributed by atoms with E-state index in [0.29, 0.717) is 22.7 Å². The minimum atomic E-state index is -0.590. The van der Waals surface area contributed by atoms with E-state index in [2.05, 4.69) is 116 Å². The number of aryl methyl sites for hydroxylation is 4. The van der Waals surface area contributed by atoms with Crippen LogP contribution in [0.25, 0.3) is 0 Å². The average Bonchev–Trinajstić information content (AvgIpc) is 0.826. The zero-order valence-electron chi connectivity index (χ0n) is 57.3. The van der Waals surface area contributed by atoms with E-state index in [1.807, 2.05) is 290 Å². The highest BCUT2D eigenvalue weighted by molar-refractivity contribution is 5.87. The Morgan fingerprint density at radius 1 is 0.250 bits per heavy atom. The van der Waals surface area contributed by atoms with E-state index in [9.17, 15) is 19.2 Å². The molecule has 0 spiro atoms. The van der Waals surface area contributed by atoms with Crippen LogP contribution in [0.5, 0.6) is 0 Å². The third-order valence-corrected chi connectivity index (χ3v) is 14.2. The zero-order chi connectivity index (χ0) is 72.8. The molecule has 0 radical (unpaired) electrons. The first kappa shape index (κ1) is 73.2. The molecule has 10 aromatic rings. The van der Waals surface area contributed by atoms with Gasteiger partial charge >= 0.3 is 24.4 Å². The predicted octanol–water partition coefficient (Wildman–Crippen LogP) is 18.0. The van der Waals surface area contributed by atoms with Crippen LogP contribution in [-0.4, -0.2) is 50.8 Å². The van der Waals surface area contributed by atoms with Crippen LogP contribution in [0, 0.1) is 123 Å². The molecule has 0 aromatic heterocycles. The van der Waals surface area contributed by atoms with Crippen molar-refractivity contribution in [1.82, 2.24) is 0 Å². The molecule has 0 aliphatic heterocycles. The summed E-state index contributed by atoms with van der Waals surface area (Å²) >= 11 is 0. The molecule has 0 aliphatic carbocycles. The Hall–Kier alpha value is -15.0. The Labute approximate surface area is 607 Å². The van der Waals surface area contributed by atoms with Gasteiger partial charge in [0.1, 0.15) is 0 Å². The summed E-state index contributed by atoms with van der Waals surface area (Å²) in [4.78, 5) is 55.7. The van der Waals surface area contributed by atoms with Crippen molar-refractivity contribution in [2.24, 2.45) is 0 Å². The predicted molar refractivity (Wildman–Crippen MR) is 414 cm³/mol. The molecule has 16 nitrogen and oxygen atoms in total. The van der Waals surface area contributed by atoms with Gasteiger partial charge in [-0.05, 0) is 243 Å². The van der Waals surface area contributed by atoms with Gasteiger partial charge in [0, 0.05) is 70.6 Å². The highest BCUT2D eigenvalue weighted by Gasteiger charge is 2.14. The van der Waals surface area contributed by atoms with Crippen LogP contribution in [0.3, 0.4) is 0 Å². The van der Waals surface area contributed by atoms with Crippen molar-refractivity contribution in [1.29, 1.82) is 0 Å². The number of nitrogens with one attached hydrogen (secondary N) is 4. The van der Waals surface area contributed by atoms with Crippen LogP contribution in [0.1, 0.15) is 22.3 Å². The minimum Gasteiger partial charge on any atom is -0.436 e. The molecular weight excluding hydrogens is 1300 g/mol. The number of benzene rings is 10. The van der Waals surface area contributed by atoms with Gasteiger partial charge in [-0.15, -0.1) is 0 Å². The van der Waals surface area contributed by atoms with E-state index in [1.165, 1.54) is 0 Å². The maximum absolute atomic E-state index is 12.1. The first-order chi connectivity index (χ1) is 50.9. The van der Waals surface area contributed by atoms with Crippen LogP contribution in [0.2, 0.25) is 0 Å². The molecule has 0 atom stereocenters. The number of carbonyl (C=O) groups excluding carboxylic acids is 4. The second kappa shape index (κ2) is 40.0. The van der Waals surface area contributed by atoms with E-state index in [0.717, 1.165) is 67.8 Å². The molecule has 0 aliphatic rings. The van der Waals surface area contributed by atoms with Crippen molar-refractivity contribution in [2.75, 3.05) is 67.3 Å². The molecule has 0 bridgehead atoms. The van der Waals surface area contributed by atoms with Crippen molar-refractivity contribution in [3.63, 3.8) is 0 Å². The smallest absolute Gasteiger partial charge is 0.412 e. The van der Waals surface area contributed by atoms with Crippen molar-refractivity contribution in [3.05, 3.63) is 289 Å². The summed E-state index contributed by atoms with van der Waals surface area (Å²) in [7, 11) is 0. The first-order valence-corrected chi connectivity index (χ1v) is 32.5. The van der Waals surface area contributed by atoms with Gasteiger partial charge in [-0.2, -0.15) is 0 Å². The third kappa shape index (κ3) is 24.8. The van der Waals surface area contributed by atoms with Crippen molar-refractivity contribution in [3.8, 4) is 95.2 Å². The Kier molecular flexibility index (Phi) is 28.2. The van der Waals surface area contributed by atoms with E-state index in [1.54, 1.807) is 24.3 Å². The zero-order valence-corrected chi connectivity index (χ0v) is 57.3. The van der Waals surface area contributed by atoms with E-state index >= 15 is 0 Å². The normalized spacial score (nSPS) is 9.42. The highest BCUT2D eigenvalue weighted by Crippen LogP contribution is 2.32. The SMILES string of the molecule is Cc1cccc(NC(=O)OCC#CC#CN(c2ccccc2)c2ccc(N(C#CC#CCOC(=O)Nc3cccc(C)c3)c3ccccc3)cc2)c1.Cc1cccc(NC(=O)OCC#CC#CN(c2ccccc2)c2ccc(N(C#CC#CCOC(=O)Nc3cccc(C)c3)c3ccccc3)cc2)c1. The Bertz CT molecular complexity index is 4490. The lowest BCUT2D eigenvalue weighted by Crippen LogP contribution is -2.13. The quantitative estimate of drug-likeness (QED) is 0.0411. The van der Waals surface area contributed by atoms with Crippen LogP contribution >= 0.6 is 0 Å². The lowest BCUT2D eigenvalue weighted by atomic mass is 10.2. The van der Waals surface area contributed by atoms with Crippen molar-refractivity contribution >= 4 is 92.6 Å². The van der Waals surface area contributed by atoms with E-state index in [4.69, 9.17) is 18.9 Å². The second-order valence-electron chi connectivity index (χ2n) is 22.2. The molecule has 0 saturated carbocycles. The van der Waals surface area contributed by atoms with Gasteiger partial charge in [0.2, 0.25) is 0 Å². The lowest BCUT2D eigenvalue weighted by molar-refractivity contribution is 0.175. The largest absolute Gasteiger partial charge is 0.436 e. The summed E-state index contributed by atoms with van der Waals surface area (Å²) in [6.07, 6.45) is -2.36. The number of hydrogen-bond acceptors (Lipinski definition) is 12. The fraction of sp³-hybridized carbons (Fsp3) is 0.0909. The van der Waals surface area contributed by atoms with Gasteiger partial charge in [0.25, 0.3) is 0 Å². The third-order valence-electron chi connectivity index (χ3n) is 14.2. The second-order valence-corrected chi connectivity index (χ2v) is 22.2. The molecule has 4 N–H and O–H groups in total. The van der Waals surface area contributed by atoms with Crippen LogP contribution in [0.4, 0.5) is 87.4 Å². The van der Waals surface area contributed by atoms with Gasteiger partial charge in [-0.3, -0.25) is 40.9 Å². The summed E-state index contributed by atoms with van der Waals surface area (Å²) in [6.45, 7) is 7.34. The van der Waals surface area contributed by atoms with E-state index < -0.39 is 24.4 Å². The fourth-order valence-electron chi connectivity index (χ4n) is 9.49. The summed E-state index contributed by atoms with van der Waals surface area (Å²) in [5.41, 5.74) is 13.3. The number of ether oxygens (including phenoxy) is 4. The van der Waals surface area contributed by atoms with Gasteiger partial charge < -0.3 is 18.9 Å². The molecule has 0 fully saturated rings. The minimum absolute atomic E-state index is 0.108. The van der Waals surface area contributed by atoms with E-state index in [-0.39, 0.29) is 26.4 Å². The fourth-order valence-corrected chi connectivity index (χ4v) is 9.49. The molecule has 4 amide bonds.